The van der Waals surface area contributed by atoms with Gasteiger partial charge in [0.25, 0.3) is 0 Å². The van der Waals surface area contributed by atoms with Crippen molar-refractivity contribution < 1.29 is 28.6 Å². The lowest BCUT2D eigenvalue weighted by atomic mass is 9.80. The van der Waals surface area contributed by atoms with E-state index >= 15 is 0 Å². The molecule has 1 atom stereocenters. The summed E-state index contributed by atoms with van der Waals surface area (Å²) in [6, 6.07) is 13.4. The van der Waals surface area contributed by atoms with E-state index in [-0.39, 0.29) is 34.4 Å². The van der Waals surface area contributed by atoms with Gasteiger partial charge in [0.05, 0.1) is 39.8 Å². The Morgan fingerprint density at radius 3 is 2.03 bits per heavy atom. The number of nitrogens with one attached hydrogen (secondary N) is 1. The Kier molecular flexibility index (Phi) is 8.36. The van der Waals surface area contributed by atoms with Gasteiger partial charge in [-0.15, -0.1) is 0 Å². The second-order valence-corrected chi connectivity index (χ2v) is 8.19. The highest BCUT2D eigenvalue weighted by Gasteiger charge is 2.39. The number of halogens is 2. The van der Waals surface area contributed by atoms with Gasteiger partial charge < -0.3 is 19.5 Å². The minimum Gasteiger partial charge on any atom is -0.466 e. The lowest BCUT2D eigenvalue weighted by molar-refractivity contribution is -0.140. The molecule has 1 unspecified atom stereocenters. The molecule has 0 aromatic heterocycles. The molecule has 3 rings (SSSR count). The van der Waals surface area contributed by atoms with Crippen molar-refractivity contribution in [3.8, 4) is 0 Å². The number of hydrogen-bond donors (Lipinski definition) is 1. The molecule has 0 aliphatic carbocycles. The second-order valence-electron chi connectivity index (χ2n) is 7.41. The molecule has 0 saturated carbocycles. The molecular formula is C25H23Cl2NO6. The number of hydrogen-bond acceptors (Lipinski definition) is 7. The quantitative estimate of drug-likeness (QED) is 0.329. The van der Waals surface area contributed by atoms with Crippen molar-refractivity contribution in [1.29, 1.82) is 0 Å². The van der Waals surface area contributed by atoms with E-state index in [9.17, 15) is 14.4 Å². The van der Waals surface area contributed by atoms with Gasteiger partial charge >= 0.3 is 17.9 Å². The molecule has 0 spiro atoms. The molecule has 9 heteroatoms. The van der Waals surface area contributed by atoms with E-state index in [4.69, 9.17) is 37.4 Å². The van der Waals surface area contributed by atoms with Gasteiger partial charge in [0.1, 0.15) is 13.2 Å². The Balaban J connectivity index is 1.83. The molecule has 178 valence electrons. The van der Waals surface area contributed by atoms with Crippen LogP contribution in [0.1, 0.15) is 35.7 Å². The standard InChI is InChI=1S/C25H23Cl2NO6/c1-14-19(24(30)32-3)21(17-10-7-11-18(26)22(17)27)20(15(2)28-14)25(31)34-13-12-33-23(29)16-8-5-4-6-9-16/h4-11,21,28H,12-13H2,1-3H3. The Labute approximate surface area is 207 Å². The average molecular weight is 504 g/mol. The van der Waals surface area contributed by atoms with E-state index in [0.29, 0.717) is 22.5 Å². The van der Waals surface area contributed by atoms with Crippen molar-refractivity contribution in [2.45, 2.75) is 19.8 Å². The molecular weight excluding hydrogens is 481 g/mol. The zero-order valence-electron chi connectivity index (χ0n) is 18.8. The number of methoxy groups -OCH3 is 1. The van der Waals surface area contributed by atoms with Crippen molar-refractivity contribution in [3.63, 3.8) is 0 Å². The second kappa shape index (κ2) is 11.2. The highest BCUT2D eigenvalue weighted by atomic mass is 35.5. The number of benzene rings is 2. The summed E-state index contributed by atoms with van der Waals surface area (Å²) in [5.74, 6) is -2.72. The molecule has 34 heavy (non-hydrogen) atoms. The van der Waals surface area contributed by atoms with E-state index in [1.807, 2.05) is 0 Å². The van der Waals surface area contributed by atoms with Crippen molar-refractivity contribution >= 4 is 41.1 Å². The van der Waals surface area contributed by atoms with E-state index < -0.39 is 23.8 Å². The van der Waals surface area contributed by atoms with Crippen LogP contribution in [0.25, 0.3) is 0 Å². The Bertz CT molecular complexity index is 1170. The van der Waals surface area contributed by atoms with Crippen LogP contribution < -0.4 is 5.32 Å². The van der Waals surface area contributed by atoms with Crippen LogP contribution in [0.3, 0.4) is 0 Å². The van der Waals surface area contributed by atoms with Gasteiger partial charge in [0, 0.05) is 11.4 Å². The fourth-order valence-electron chi connectivity index (χ4n) is 3.70. The predicted octanol–water partition coefficient (Wildman–Crippen LogP) is 4.80. The molecule has 0 bridgehead atoms. The maximum atomic E-state index is 13.2. The summed E-state index contributed by atoms with van der Waals surface area (Å²) < 4.78 is 15.5. The lowest BCUT2D eigenvalue weighted by Gasteiger charge is -2.30. The van der Waals surface area contributed by atoms with Gasteiger partial charge in [-0.25, -0.2) is 14.4 Å². The molecule has 1 aliphatic heterocycles. The van der Waals surface area contributed by atoms with Crippen molar-refractivity contribution in [3.05, 3.63) is 92.2 Å². The Morgan fingerprint density at radius 2 is 1.41 bits per heavy atom. The number of rotatable bonds is 7. The fraction of sp³-hybridized carbons (Fsp3) is 0.240. The number of esters is 3. The minimum absolute atomic E-state index is 0.138. The monoisotopic (exact) mass is 503 g/mol. The maximum absolute atomic E-state index is 13.2. The number of dihydropyridines is 1. The first-order valence-electron chi connectivity index (χ1n) is 10.4. The highest BCUT2D eigenvalue weighted by Crippen LogP contribution is 2.43. The molecule has 0 saturated heterocycles. The molecule has 1 heterocycles. The number of carbonyl (C=O) groups excluding carboxylic acids is 3. The minimum atomic E-state index is -0.876. The van der Waals surface area contributed by atoms with Crippen LogP contribution in [-0.2, 0) is 23.8 Å². The molecule has 1 aliphatic rings. The highest BCUT2D eigenvalue weighted by molar-refractivity contribution is 6.42. The molecule has 2 aromatic carbocycles. The summed E-state index contributed by atoms with van der Waals surface area (Å²) in [5.41, 5.74) is 2.22. The molecule has 0 amide bonds. The van der Waals surface area contributed by atoms with Gasteiger partial charge in [-0.2, -0.15) is 0 Å². The SMILES string of the molecule is COC(=O)C1=C(C)NC(C)=C(C(=O)OCCOC(=O)c2ccccc2)C1c1cccc(Cl)c1Cl. The maximum Gasteiger partial charge on any atom is 0.338 e. The summed E-state index contributed by atoms with van der Waals surface area (Å²) >= 11 is 12.7. The Morgan fingerprint density at radius 1 is 0.824 bits per heavy atom. The van der Waals surface area contributed by atoms with Gasteiger partial charge in [0.2, 0.25) is 0 Å². The van der Waals surface area contributed by atoms with Crippen molar-refractivity contribution in [1.82, 2.24) is 5.32 Å². The molecule has 0 fully saturated rings. The first kappa shape index (κ1) is 25.3. The van der Waals surface area contributed by atoms with Crippen molar-refractivity contribution in [2.75, 3.05) is 20.3 Å². The van der Waals surface area contributed by atoms with Crippen LogP contribution in [-0.4, -0.2) is 38.2 Å². The zero-order valence-corrected chi connectivity index (χ0v) is 20.3. The summed E-state index contributed by atoms with van der Waals surface area (Å²) in [5, 5.41) is 3.52. The van der Waals surface area contributed by atoms with Gasteiger partial charge in [-0.05, 0) is 37.6 Å². The van der Waals surface area contributed by atoms with Crippen LogP contribution in [0.15, 0.2) is 71.1 Å². The van der Waals surface area contributed by atoms with Gasteiger partial charge in [-0.3, -0.25) is 0 Å². The van der Waals surface area contributed by atoms with E-state index in [1.54, 1.807) is 62.4 Å². The van der Waals surface area contributed by atoms with Crippen LogP contribution in [0.5, 0.6) is 0 Å². The molecule has 2 aromatic rings. The van der Waals surface area contributed by atoms with Crippen LogP contribution >= 0.6 is 23.2 Å². The smallest absolute Gasteiger partial charge is 0.338 e. The topological polar surface area (TPSA) is 90.9 Å². The molecule has 0 radical (unpaired) electrons. The predicted molar refractivity (Wildman–Crippen MR) is 127 cm³/mol. The number of ether oxygens (including phenoxy) is 3. The fourth-order valence-corrected chi connectivity index (χ4v) is 4.12. The normalized spacial score (nSPS) is 15.5. The van der Waals surface area contributed by atoms with Crippen LogP contribution in [0.2, 0.25) is 10.0 Å². The van der Waals surface area contributed by atoms with E-state index in [0.717, 1.165) is 0 Å². The van der Waals surface area contributed by atoms with Crippen LogP contribution in [0, 0.1) is 0 Å². The number of allylic oxidation sites excluding steroid dienone is 2. The number of carbonyl (C=O) groups is 3. The average Bonchev–Trinajstić information content (AvgIpc) is 2.83. The van der Waals surface area contributed by atoms with Crippen LogP contribution in [0.4, 0.5) is 0 Å². The van der Waals surface area contributed by atoms with Crippen molar-refractivity contribution in [2.24, 2.45) is 0 Å². The lowest BCUT2D eigenvalue weighted by Crippen LogP contribution is -2.32. The largest absolute Gasteiger partial charge is 0.466 e. The van der Waals surface area contributed by atoms with Gasteiger partial charge in [-0.1, -0.05) is 53.5 Å². The van der Waals surface area contributed by atoms with Gasteiger partial charge in [0.15, 0.2) is 0 Å². The molecule has 7 nitrogen and oxygen atoms in total. The van der Waals surface area contributed by atoms with E-state index in [2.05, 4.69) is 5.32 Å². The summed E-state index contributed by atoms with van der Waals surface area (Å²) in [6.45, 7) is 3.07. The third-order valence-electron chi connectivity index (χ3n) is 5.24. The van der Waals surface area contributed by atoms with E-state index in [1.165, 1.54) is 7.11 Å². The molecule has 1 N–H and O–H groups in total. The summed E-state index contributed by atoms with van der Waals surface area (Å²) in [4.78, 5) is 37.9. The Hall–Kier alpha value is -3.29. The first-order chi connectivity index (χ1) is 16.3. The third-order valence-corrected chi connectivity index (χ3v) is 6.07. The third kappa shape index (κ3) is 5.43. The summed E-state index contributed by atoms with van der Waals surface area (Å²) in [7, 11) is 1.25. The zero-order chi connectivity index (χ0) is 24.8. The summed E-state index contributed by atoms with van der Waals surface area (Å²) in [6.07, 6.45) is 0. The first-order valence-corrected chi connectivity index (χ1v) is 11.1.